The Balaban J connectivity index is 3.12. The Bertz CT molecular complexity index is 459. The second-order valence-corrected chi connectivity index (χ2v) is 6.10. The minimum absolute atomic E-state index is 0.0679. The zero-order valence-corrected chi connectivity index (χ0v) is 14.0. The van der Waals surface area contributed by atoms with Crippen molar-refractivity contribution in [3.05, 3.63) is 28.0 Å². The predicted molar refractivity (Wildman–Crippen MR) is 84.5 cm³/mol. The Hall–Kier alpha value is -0.800. The van der Waals surface area contributed by atoms with Crippen LogP contribution < -0.4 is 0 Å². The molecule has 1 aromatic heterocycles. The van der Waals surface area contributed by atoms with E-state index in [-0.39, 0.29) is 17.1 Å². The fourth-order valence-electron chi connectivity index (χ4n) is 2.25. The van der Waals surface area contributed by atoms with Gasteiger partial charge in [-0.05, 0) is 24.8 Å². The average Bonchev–Trinajstić information content (AvgIpc) is 2.40. The summed E-state index contributed by atoms with van der Waals surface area (Å²) in [5.74, 6) is 0.331. The van der Waals surface area contributed by atoms with Crippen LogP contribution in [0, 0.1) is 5.92 Å². The second-order valence-electron chi connectivity index (χ2n) is 5.31. The van der Waals surface area contributed by atoms with Crippen LogP contribution in [0.25, 0.3) is 0 Å². The van der Waals surface area contributed by atoms with Gasteiger partial charge in [-0.2, -0.15) is 0 Å². The first kappa shape index (κ1) is 17.3. The molecule has 0 atom stereocenters. The molecule has 0 fully saturated rings. The van der Waals surface area contributed by atoms with Crippen molar-refractivity contribution in [3.8, 4) is 0 Å². The number of aromatic nitrogens is 1. The highest BCUT2D eigenvalue weighted by Gasteiger charge is 2.25. The summed E-state index contributed by atoms with van der Waals surface area (Å²) >= 11 is 12.0. The van der Waals surface area contributed by atoms with Crippen LogP contribution in [0.3, 0.4) is 0 Å². The number of hydrogen-bond acceptors (Lipinski definition) is 2. The molecule has 20 heavy (non-hydrogen) atoms. The summed E-state index contributed by atoms with van der Waals surface area (Å²) in [6.45, 7) is 9.10. The molecular weight excluding hydrogens is 295 g/mol. The molecule has 0 spiro atoms. The lowest BCUT2D eigenvalue weighted by Crippen LogP contribution is -2.42. The lowest BCUT2D eigenvalue weighted by atomic mass is 10.1. The van der Waals surface area contributed by atoms with E-state index < -0.39 is 0 Å². The molecule has 5 heteroatoms. The van der Waals surface area contributed by atoms with Crippen molar-refractivity contribution in [1.29, 1.82) is 0 Å². The van der Waals surface area contributed by atoms with Crippen LogP contribution in [0.5, 0.6) is 0 Å². The van der Waals surface area contributed by atoms with Crippen molar-refractivity contribution in [2.75, 3.05) is 6.54 Å². The van der Waals surface area contributed by atoms with Crippen LogP contribution >= 0.6 is 23.2 Å². The van der Waals surface area contributed by atoms with Crippen LogP contribution in [0.1, 0.15) is 50.9 Å². The average molecular weight is 317 g/mol. The molecule has 0 bridgehead atoms. The van der Waals surface area contributed by atoms with Crippen molar-refractivity contribution < 1.29 is 4.79 Å². The lowest BCUT2D eigenvalue weighted by molar-refractivity contribution is 0.0640. The van der Waals surface area contributed by atoms with Crippen LogP contribution in [-0.2, 0) is 0 Å². The molecule has 0 radical (unpaired) electrons. The summed E-state index contributed by atoms with van der Waals surface area (Å²) in [5.41, 5.74) is 0.430. The third kappa shape index (κ3) is 4.35. The molecule has 0 saturated heterocycles. The maximum atomic E-state index is 12.8. The molecule has 1 amide bonds. The van der Waals surface area contributed by atoms with Gasteiger partial charge in [0.15, 0.2) is 0 Å². The Morgan fingerprint density at radius 1 is 1.30 bits per heavy atom. The summed E-state index contributed by atoms with van der Waals surface area (Å²) in [6, 6.07) is 1.76. The Morgan fingerprint density at radius 2 is 1.90 bits per heavy atom. The molecule has 0 aliphatic heterocycles. The molecule has 0 N–H and O–H groups in total. The number of hydrogen-bond donors (Lipinski definition) is 0. The highest BCUT2D eigenvalue weighted by atomic mass is 35.5. The van der Waals surface area contributed by atoms with Gasteiger partial charge in [0.25, 0.3) is 5.91 Å². The SMILES string of the molecule is CCC(CC)N(CC(C)C)C(=O)c1cc(Cl)ncc1Cl. The Kier molecular flexibility index (Phi) is 6.77. The number of halogens is 2. The monoisotopic (exact) mass is 316 g/mol. The maximum Gasteiger partial charge on any atom is 0.255 e. The van der Waals surface area contributed by atoms with E-state index in [1.165, 1.54) is 6.20 Å². The van der Waals surface area contributed by atoms with Crippen molar-refractivity contribution in [3.63, 3.8) is 0 Å². The van der Waals surface area contributed by atoms with Gasteiger partial charge in [-0.25, -0.2) is 4.98 Å². The van der Waals surface area contributed by atoms with E-state index in [9.17, 15) is 4.79 Å². The Labute approximate surface area is 131 Å². The van der Waals surface area contributed by atoms with Gasteiger partial charge in [-0.1, -0.05) is 50.9 Å². The molecule has 0 saturated carbocycles. The number of rotatable bonds is 6. The number of nitrogens with zero attached hydrogens (tertiary/aromatic N) is 2. The fourth-order valence-corrected chi connectivity index (χ4v) is 2.59. The van der Waals surface area contributed by atoms with E-state index in [0.717, 1.165) is 12.8 Å². The smallest absolute Gasteiger partial charge is 0.255 e. The molecule has 0 unspecified atom stereocenters. The highest BCUT2D eigenvalue weighted by Crippen LogP contribution is 2.23. The first-order chi connectivity index (χ1) is 9.40. The van der Waals surface area contributed by atoms with Gasteiger partial charge in [0.2, 0.25) is 0 Å². The van der Waals surface area contributed by atoms with Crippen LogP contribution in [0.15, 0.2) is 12.3 Å². The van der Waals surface area contributed by atoms with Gasteiger partial charge >= 0.3 is 0 Å². The topological polar surface area (TPSA) is 33.2 Å². The first-order valence-electron chi connectivity index (χ1n) is 7.02. The summed E-state index contributed by atoms with van der Waals surface area (Å²) < 4.78 is 0. The molecule has 112 valence electrons. The van der Waals surface area contributed by atoms with Crippen molar-refractivity contribution in [2.24, 2.45) is 5.92 Å². The zero-order valence-electron chi connectivity index (χ0n) is 12.5. The van der Waals surface area contributed by atoms with Gasteiger partial charge in [0, 0.05) is 18.8 Å². The largest absolute Gasteiger partial charge is 0.335 e. The summed E-state index contributed by atoms with van der Waals surface area (Å²) in [6.07, 6.45) is 3.27. The van der Waals surface area contributed by atoms with E-state index in [4.69, 9.17) is 23.2 Å². The van der Waals surface area contributed by atoms with Crippen molar-refractivity contribution in [1.82, 2.24) is 9.88 Å². The number of carbonyl (C=O) groups is 1. The van der Waals surface area contributed by atoms with Crippen molar-refractivity contribution >= 4 is 29.1 Å². The van der Waals surface area contributed by atoms with E-state index in [1.807, 2.05) is 4.90 Å². The van der Waals surface area contributed by atoms with Gasteiger partial charge in [-0.15, -0.1) is 0 Å². The van der Waals surface area contributed by atoms with Gasteiger partial charge in [0.1, 0.15) is 5.15 Å². The van der Waals surface area contributed by atoms with Crippen LogP contribution in [-0.4, -0.2) is 28.4 Å². The minimum atomic E-state index is -0.0679. The lowest BCUT2D eigenvalue weighted by Gasteiger charge is -2.32. The highest BCUT2D eigenvalue weighted by molar-refractivity contribution is 6.35. The van der Waals surface area contributed by atoms with Gasteiger partial charge in [0.05, 0.1) is 10.6 Å². The molecular formula is C15H22Cl2N2O. The fraction of sp³-hybridized carbons (Fsp3) is 0.600. The van der Waals surface area contributed by atoms with E-state index in [0.29, 0.717) is 23.0 Å². The van der Waals surface area contributed by atoms with Gasteiger partial charge < -0.3 is 4.90 Å². The quantitative estimate of drug-likeness (QED) is 0.714. The van der Waals surface area contributed by atoms with E-state index >= 15 is 0 Å². The molecule has 0 aliphatic carbocycles. The molecule has 3 nitrogen and oxygen atoms in total. The molecule has 1 heterocycles. The van der Waals surface area contributed by atoms with Gasteiger partial charge in [-0.3, -0.25) is 4.79 Å². The number of amides is 1. The van der Waals surface area contributed by atoms with Crippen LogP contribution in [0.2, 0.25) is 10.2 Å². The number of pyridine rings is 1. The van der Waals surface area contributed by atoms with Crippen LogP contribution in [0.4, 0.5) is 0 Å². The zero-order chi connectivity index (χ0) is 15.3. The second kappa shape index (κ2) is 7.84. The Morgan fingerprint density at radius 3 is 2.40 bits per heavy atom. The predicted octanol–water partition coefficient (Wildman–Crippen LogP) is 4.68. The number of carbonyl (C=O) groups excluding carboxylic acids is 1. The van der Waals surface area contributed by atoms with Crippen molar-refractivity contribution in [2.45, 2.75) is 46.6 Å². The standard InChI is InChI=1S/C15H22Cl2N2O/c1-5-11(6-2)19(9-10(3)4)15(20)12-7-14(17)18-8-13(12)16/h7-8,10-11H,5-6,9H2,1-4H3. The third-order valence-corrected chi connectivity index (χ3v) is 3.77. The summed E-state index contributed by atoms with van der Waals surface area (Å²) in [7, 11) is 0. The molecule has 0 aliphatic rings. The summed E-state index contributed by atoms with van der Waals surface area (Å²) in [4.78, 5) is 18.6. The molecule has 1 rings (SSSR count). The molecule has 1 aromatic rings. The maximum absolute atomic E-state index is 12.8. The van der Waals surface area contributed by atoms with E-state index in [2.05, 4.69) is 32.7 Å². The summed E-state index contributed by atoms with van der Waals surface area (Å²) in [5, 5.41) is 0.630. The molecule has 0 aromatic carbocycles. The normalized spacial score (nSPS) is 11.2. The minimum Gasteiger partial charge on any atom is -0.335 e. The van der Waals surface area contributed by atoms with E-state index in [1.54, 1.807) is 6.07 Å². The third-order valence-electron chi connectivity index (χ3n) is 3.26. The first-order valence-corrected chi connectivity index (χ1v) is 7.78.